The summed E-state index contributed by atoms with van der Waals surface area (Å²) in [5, 5.41) is 5.90. The van der Waals surface area contributed by atoms with E-state index in [1.54, 1.807) is 43.9 Å². The molecule has 134 valence electrons. The van der Waals surface area contributed by atoms with Crippen LogP contribution in [0.15, 0.2) is 41.8 Å². The molecular weight excluding hydrogens is 395 g/mol. The molecule has 26 heavy (non-hydrogen) atoms. The van der Waals surface area contributed by atoms with Gasteiger partial charge >= 0.3 is 0 Å². The number of rotatable bonds is 5. The van der Waals surface area contributed by atoms with E-state index in [0.717, 1.165) is 5.56 Å². The van der Waals surface area contributed by atoms with Gasteiger partial charge in [-0.05, 0) is 30.3 Å². The molecule has 3 aromatic rings. The first-order chi connectivity index (χ1) is 12.5. The van der Waals surface area contributed by atoms with E-state index in [0.29, 0.717) is 32.2 Å². The predicted octanol–water partition coefficient (Wildman–Crippen LogP) is 5.39. The smallest absolute Gasteiger partial charge is 0.275 e. The van der Waals surface area contributed by atoms with Crippen molar-refractivity contribution < 1.29 is 14.3 Å². The number of nitrogens with one attached hydrogen (secondary N) is 1. The average molecular weight is 409 g/mol. The van der Waals surface area contributed by atoms with Crippen molar-refractivity contribution in [1.29, 1.82) is 0 Å². The van der Waals surface area contributed by atoms with Gasteiger partial charge in [0.2, 0.25) is 0 Å². The molecule has 0 aliphatic carbocycles. The number of para-hydroxylation sites is 1. The summed E-state index contributed by atoms with van der Waals surface area (Å²) < 4.78 is 10.7. The van der Waals surface area contributed by atoms with Crippen molar-refractivity contribution in [1.82, 2.24) is 4.98 Å². The molecule has 1 N–H and O–H groups in total. The number of carbonyl (C=O) groups is 1. The van der Waals surface area contributed by atoms with Gasteiger partial charge in [-0.15, -0.1) is 11.3 Å². The van der Waals surface area contributed by atoms with Gasteiger partial charge in [0.15, 0.2) is 11.5 Å². The highest BCUT2D eigenvalue weighted by molar-refractivity contribution is 7.13. The zero-order valence-electron chi connectivity index (χ0n) is 13.9. The van der Waals surface area contributed by atoms with E-state index < -0.39 is 0 Å². The Morgan fingerprint density at radius 3 is 2.69 bits per heavy atom. The molecule has 0 saturated carbocycles. The SMILES string of the molecule is COc1cccc(-c2nc(C(=O)Nc3cc(Cl)ccc3Cl)cs2)c1OC. The summed E-state index contributed by atoms with van der Waals surface area (Å²) in [4.78, 5) is 16.9. The average Bonchev–Trinajstić information content (AvgIpc) is 3.14. The van der Waals surface area contributed by atoms with Crippen LogP contribution >= 0.6 is 34.5 Å². The third-order valence-corrected chi connectivity index (χ3v) is 4.99. The highest BCUT2D eigenvalue weighted by Gasteiger charge is 2.18. The number of nitrogens with zero attached hydrogens (tertiary/aromatic N) is 1. The van der Waals surface area contributed by atoms with Crippen LogP contribution in [0, 0.1) is 0 Å². The second kappa shape index (κ2) is 7.95. The fourth-order valence-electron chi connectivity index (χ4n) is 2.34. The lowest BCUT2D eigenvalue weighted by Gasteiger charge is -2.10. The van der Waals surface area contributed by atoms with Crippen LogP contribution in [-0.2, 0) is 0 Å². The van der Waals surface area contributed by atoms with Crippen LogP contribution in [0.4, 0.5) is 5.69 Å². The molecule has 0 aliphatic heterocycles. The lowest BCUT2D eigenvalue weighted by Crippen LogP contribution is -2.12. The van der Waals surface area contributed by atoms with Crippen molar-refractivity contribution in [2.45, 2.75) is 0 Å². The third-order valence-electron chi connectivity index (χ3n) is 3.55. The number of ether oxygens (including phenoxy) is 2. The third kappa shape index (κ3) is 3.77. The number of methoxy groups -OCH3 is 2. The molecule has 0 aliphatic rings. The van der Waals surface area contributed by atoms with E-state index in [-0.39, 0.29) is 11.6 Å². The Labute approximate surface area is 164 Å². The quantitative estimate of drug-likeness (QED) is 0.614. The van der Waals surface area contributed by atoms with Crippen LogP contribution < -0.4 is 14.8 Å². The number of thiazole rings is 1. The summed E-state index contributed by atoms with van der Waals surface area (Å²) in [6.45, 7) is 0. The Bertz CT molecular complexity index is 959. The Morgan fingerprint density at radius 2 is 1.96 bits per heavy atom. The maximum Gasteiger partial charge on any atom is 0.275 e. The van der Waals surface area contributed by atoms with Crippen LogP contribution in [-0.4, -0.2) is 25.1 Å². The fourth-order valence-corrected chi connectivity index (χ4v) is 3.50. The minimum Gasteiger partial charge on any atom is -0.493 e. The lowest BCUT2D eigenvalue weighted by atomic mass is 10.2. The molecule has 3 rings (SSSR count). The van der Waals surface area contributed by atoms with E-state index >= 15 is 0 Å². The van der Waals surface area contributed by atoms with Crippen molar-refractivity contribution in [3.05, 3.63) is 57.5 Å². The van der Waals surface area contributed by atoms with Gasteiger partial charge in [-0.3, -0.25) is 4.79 Å². The maximum atomic E-state index is 12.5. The first kappa shape index (κ1) is 18.5. The van der Waals surface area contributed by atoms with Crippen molar-refractivity contribution in [2.24, 2.45) is 0 Å². The Hall–Kier alpha value is -2.28. The molecule has 5 nitrogen and oxygen atoms in total. The minimum absolute atomic E-state index is 0.269. The number of amides is 1. The topological polar surface area (TPSA) is 60.5 Å². The van der Waals surface area contributed by atoms with Crippen molar-refractivity contribution in [3.63, 3.8) is 0 Å². The molecule has 1 aromatic heterocycles. The molecule has 8 heteroatoms. The van der Waals surface area contributed by atoms with Crippen LogP contribution in [0.5, 0.6) is 11.5 Å². The van der Waals surface area contributed by atoms with Gasteiger partial charge in [-0.1, -0.05) is 29.3 Å². The fraction of sp³-hybridized carbons (Fsp3) is 0.111. The highest BCUT2D eigenvalue weighted by atomic mass is 35.5. The van der Waals surface area contributed by atoms with E-state index in [9.17, 15) is 4.79 Å². The summed E-state index contributed by atoms with van der Waals surface area (Å²) in [6, 6.07) is 10.3. The van der Waals surface area contributed by atoms with Gasteiger partial charge in [0.1, 0.15) is 10.7 Å². The molecule has 0 radical (unpaired) electrons. The summed E-state index contributed by atoms with van der Waals surface area (Å²) in [5.41, 5.74) is 1.44. The number of hydrogen-bond donors (Lipinski definition) is 1. The van der Waals surface area contributed by atoms with Crippen molar-refractivity contribution in [3.8, 4) is 22.1 Å². The van der Waals surface area contributed by atoms with Crippen LogP contribution in [0.1, 0.15) is 10.5 Å². The van der Waals surface area contributed by atoms with Crippen LogP contribution in [0.3, 0.4) is 0 Å². The van der Waals surface area contributed by atoms with E-state index in [4.69, 9.17) is 32.7 Å². The van der Waals surface area contributed by atoms with Gasteiger partial charge in [0.05, 0.1) is 30.5 Å². The van der Waals surface area contributed by atoms with Gasteiger partial charge < -0.3 is 14.8 Å². The second-order valence-corrected chi connectivity index (χ2v) is 6.86. The molecular formula is C18H14Cl2N2O3S. The largest absolute Gasteiger partial charge is 0.493 e. The zero-order valence-corrected chi connectivity index (χ0v) is 16.2. The summed E-state index contributed by atoms with van der Waals surface area (Å²) >= 11 is 13.4. The number of halogens is 2. The van der Waals surface area contributed by atoms with Gasteiger partial charge in [-0.2, -0.15) is 0 Å². The number of carbonyl (C=O) groups excluding carboxylic acids is 1. The monoisotopic (exact) mass is 408 g/mol. The summed E-state index contributed by atoms with van der Waals surface area (Å²) in [7, 11) is 3.13. The molecule has 0 fully saturated rings. The molecule has 0 saturated heterocycles. The molecule has 1 heterocycles. The first-order valence-corrected chi connectivity index (χ1v) is 9.10. The molecule has 0 unspecified atom stereocenters. The summed E-state index contributed by atoms with van der Waals surface area (Å²) in [6.07, 6.45) is 0. The van der Waals surface area contributed by atoms with Gasteiger partial charge in [0.25, 0.3) is 5.91 Å². The number of hydrogen-bond acceptors (Lipinski definition) is 5. The van der Waals surface area contributed by atoms with E-state index in [1.807, 2.05) is 12.1 Å². The van der Waals surface area contributed by atoms with Gasteiger partial charge in [-0.25, -0.2) is 4.98 Å². The van der Waals surface area contributed by atoms with Crippen molar-refractivity contribution >= 4 is 46.1 Å². The summed E-state index contributed by atoms with van der Waals surface area (Å²) in [5.74, 6) is 0.782. The predicted molar refractivity (Wildman–Crippen MR) is 105 cm³/mol. The number of aromatic nitrogens is 1. The van der Waals surface area contributed by atoms with E-state index in [1.165, 1.54) is 11.3 Å². The molecule has 1 amide bonds. The molecule has 0 atom stereocenters. The highest BCUT2D eigenvalue weighted by Crippen LogP contribution is 2.39. The number of benzene rings is 2. The Balaban J connectivity index is 1.88. The molecule has 0 spiro atoms. The van der Waals surface area contributed by atoms with Crippen molar-refractivity contribution in [2.75, 3.05) is 19.5 Å². The Kier molecular flexibility index (Phi) is 5.66. The molecule has 2 aromatic carbocycles. The first-order valence-electron chi connectivity index (χ1n) is 7.46. The molecule has 0 bridgehead atoms. The standard InChI is InChI=1S/C18H14Cl2N2O3S/c1-24-15-5-3-4-11(16(15)25-2)18-22-14(9-26-18)17(23)21-13-8-10(19)6-7-12(13)20/h3-9H,1-2H3,(H,21,23). The second-order valence-electron chi connectivity index (χ2n) is 5.16. The van der Waals surface area contributed by atoms with Crippen LogP contribution in [0.2, 0.25) is 10.0 Å². The maximum absolute atomic E-state index is 12.5. The normalized spacial score (nSPS) is 10.5. The van der Waals surface area contributed by atoms with Gasteiger partial charge in [0, 0.05) is 10.4 Å². The zero-order chi connectivity index (χ0) is 18.7. The van der Waals surface area contributed by atoms with Crippen LogP contribution in [0.25, 0.3) is 10.6 Å². The minimum atomic E-state index is -0.376. The Morgan fingerprint density at radius 1 is 1.15 bits per heavy atom. The van der Waals surface area contributed by atoms with E-state index in [2.05, 4.69) is 10.3 Å². The number of anilines is 1. The lowest BCUT2D eigenvalue weighted by molar-refractivity contribution is 0.102.